The molecule has 0 aromatic rings. The third-order valence-corrected chi connectivity index (χ3v) is 3.45. The summed E-state index contributed by atoms with van der Waals surface area (Å²) >= 11 is 0. The van der Waals surface area contributed by atoms with Crippen molar-refractivity contribution in [2.45, 2.75) is 31.8 Å². The smallest absolute Gasteiger partial charge is 0.326 e. The quantitative estimate of drug-likeness (QED) is 0.594. The number of urea groups is 1. The third-order valence-electron chi connectivity index (χ3n) is 3.45. The second-order valence-corrected chi connectivity index (χ2v) is 4.69. The highest BCUT2D eigenvalue weighted by molar-refractivity contribution is 6.04. The van der Waals surface area contributed by atoms with Gasteiger partial charge in [-0.2, -0.15) is 0 Å². The zero-order chi connectivity index (χ0) is 14.2. The monoisotopic (exact) mass is 269 g/mol. The number of hydrogen-bond acceptors (Lipinski definition) is 4. The second kappa shape index (κ2) is 4.87. The fourth-order valence-corrected chi connectivity index (χ4v) is 2.37. The zero-order valence-electron chi connectivity index (χ0n) is 10.5. The summed E-state index contributed by atoms with van der Waals surface area (Å²) in [6, 6.07) is -2.22. The Hall–Kier alpha value is -2.12. The average Bonchev–Trinajstić information content (AvgIpc) is 2.82. The van der Waals surface area contributed by atoms with Gasteiger partial charge in [0.05, 0.1) is 0 Å². The summed E-state index contributed by atoms with van der Waals surface area (Å²) in [5.74, 6) is -2.16. The molecule has 1 unspecified atom stereocenters. The number of likely N-dealkylation sites (tertiary alicyclic amines) is 1. The highest BCUT2D eigenvalue weighted by Gasteiger charge is 2.41. The van der Waals surface area contributed by atoms with E-state index in [0.29, 0.717) is 19.4 Å². The lowest BCUT2D eigenvalue weighted by atomic mass is 10.2. The number of carboxylic acid groups (broad SMARTS) is 1. The Morgan fingerprint density at radius 2 is 2.00 bits per heavy atom. The van der Waals surface area contributed by atoms with E-state index in [4.69, 9.17) is 5.11 Å². The van der Waals surface area contributed by atoms with Gasteiger partial charge in [-0.3, -0.25) is 14.9 Å². The molecule has 2 rings (SSSR count). The molecule has 2 saturated heterocycles. The normalized spacial score (nSPS) is 27.4. The van der Waals surface area contributed by atoms with E-state index in [-0.39, 0.29) is 6.54 Å². The fourth-order valence-electron chi connectivity index (χ4n) is 2.37. The van der Waals surface area contributed by atoms with E-state index in [0.717, 1.165) is 4.90 Å². The Balaban J connectivity index is 2.16. The van der Waals surface area contributed by atoms with Gasteiger partial charge in [0.15, 0.2) is 0 Å². The molecule has 0 aromatic carbocycles. The molecule has 0 saturated carbocycles. The van der Waals surface area contributed by atoms with Gasteiger partial charge in [-0.1, -0.05) is 0 Å². The first-order valence-corrected chi connectivity index (χ1v) is 6.05. The summed E-state index contributed by atoms with van der Waals surface area (Å²) in [7, 11) is 0. The molecule has 2 aliphatic heterocycles. The largest absolute Gasteiger partial charge is 0.480 e. The molecule has 0 aliphatic carbocycles. The Bertz CT molecular complexity index is 450. The van der Waals surface area contributed by atoms with Gasteiger partial charge in [-0.25, -0.2) is 9.59 Å². The maximum Gasteiger partial charge on any atom is 0.326 e. The molecule has 8 nitrogen and oxygen atoms in total. The van der Waals surface area contributed by atoms with Crippen LogP contribution in [0, 0.1) is 0 Å². The molecule has 4 amide bonds. The minimum atomic E-state index is -1.06. The minimum absolute atomic E-state index is 0.228. The molecule has 0 bridgehead atoms. The summed E-state index contributed by atoms with van der Waals surface area (Å²) < 4.78 is 0. The summed E-state index contributed by atoms with van der Waals surface area (Å²) in [6.45, 7) is 1.61. The maximum absolute atomic E-state index is 12.3. The summed E-state index contributed by atoms with van der Waals surface area (Å²) in [4.78, 5) is 48.4. The molecule has 2 heterocycles. The van der Waals surface area contributed by atoms with E-state index in [2.05, 4.69) is 5.32 Å². The lowest BCUT2D eigenvalue weighted by molar-refractivity contribution is -0.141. The Labute approximate surface area is 109 Å². The SMILES string of the molecule is CC1C(=O)NC(=O)CN1C(=O)N1CCC[C@@H]1C(=O)O. The van der Waals surface area contributed by atoms with E-state index < -0.39 is 35.9 Å². The molecule has 2 aliphatic rings. The first-order valence-electron chi connectivity index (χ1n) is 6.05. The van der Waals surface area contributed by atoms with Crippen LogP contribution in [-0.2, 0) is 14.4 Å². The van der Waals surface area contributed by atoms with Crippen molar-refractivity contribution in [3.8, 4) is 0 Å². The first-order chi connectivity index (χ1) is 8.91. The molecule has 0 radical (unpaired) electrons. The van der Waals surface area contributed by atoms with Crippen LogP contribution < -0.4 is 5.32 Å². The van der Waals surface area contributed by atoms with Crippen LogP contribution >= 0.6 is 0 Å². The molecule has 0 aromatic heterocycles. The molecule has 19 heavy (non-hydrogen) atoms. The van der Waals surface area contributed by atoms with Crippen molar-refractivity contribution in [1.29, 1.82) is 0 Å². The van der Waals surface area contributed by atoms with Crippen LogP contribution in [0.2, 0.25) is 0 Å². The fraction of sp³-hybridized carbons (Fsp3) is 0.636. The number of carbonyl (C=O) groups is 4. The van der Waals surface area contributed by atoms with Crippen molar-refractivity contribution in [1.82, 2.24) is 15.1 Å². The van der Waals surface area contributed by atoms with E-state index in [1.165, 1.54) is 11.8 Å². The van der Waals surface area contributed by atoms with Crippen LogP contribution in [0.1, 0.15) is 19.8 Å². The summed E-state index contributed by atoms with van der Waals surface area (Å²) in [5, 5.41) is 11.2. The standard InChI is InChI=1S/C11H15N3O5/c1-6-9(16)12-8(15)5-14(6)11(19)13-4-2-3-7(13)10(17)18/h6-7H,2-5H2,1H3,(H,17,18)(H,12,15,16)/t6?,7-/m1/s1. The lowest BCUT2D eigenvalue weighted by Gasteiger charge is -2.35. The second-order valence-electron chi connectivity index (χ2n) is 4.69. The molecule has 8 heteroatoms. The van der Waals surface area contributed by atoms with Gasteiger partial charge in [-0.05, 0) is 19.8 Å². The predicted octanol–water partition coefficient (Wildman–Crippen LogP) is -0.998. The van der Waals surface area contributed by atoms with Gasteiger partial charge in [-0.15, -0.1) is 0 Å². The number of nitrogens with zero attached hydrogens (tertiary/aromatic N) is 2. The highest BCUT2D eigenvalue weighted by Crippen LogP contribution is 2.21. The van der Waals surface area contributed by atoms with E-state index in [9.17, 15) is 19.2 Å². The van der Waals surface area contributed by atoms with Crippen molar-refractivity contribution in [3.05, 3.63) is 0 Å². The maximum atomic E-state index is 12.3. The zero-order valence-corrected chi connectivity index (χ0v) is 10.5. The van der Waals surface area contributed by atoms with Crippen LogP contribution in [0.4, 0.5) is 4.79 Å². The van der Waals surface area contributed by atoms with Gasteiger partial charge >= 0.3 is 12.0 Å². The van der Waals surface area contributed by atoms with Crippen molar-refractivity contribution in [2.24, 2.45) is 0 Å². The van der Waals surface area contributed by atoms with Crippen LogP contribution in [0.5, 0.6) is 0 Å². The Kier molecular flexibility index (Phi) is 3.41. The molecule has 104 valence electrons. The lowest BCUT2D eigenvalue weighted by Crippen LogP contribution is -2.62. The van der Waals surface area contributed by atoms with Crippen molar-refractivity contribution < 1.29 is 24.3 Å². The van der Waals surface area contributed by atoms with Crippen LogP contribution in [0.3, 0.4) is 0 Å². The van der Waals surface area contributed by atoms with Gasteiger partial charge < -0.3 is 14.9 Å². The highest BCUT2D eigenvalue weighted by atomic mass is 16.4. The number of hydrogen-bond donors (Lipinski definition) is 2. The van der Waals surface area contributed by atoms with Gasteiger partial charge in [0, 0.05) is 6.54 Å². The molecule has 2 atom stereocenters. The molecule has 2 fully saturated rings. The minimum Gasteiger partial charge on any atom is -0.480 e. The van der Waals surface area contributed by atoms with Gasteiger partial charge in [0.25, 0.3) is 0 Å². The van der Waals surface area contributed by atoms with E-state index in [1.807, 2.05) is 0 Å². The van der Waals surface area contributed by atoms with E-state index >= 15 is 0 Å². The van der Waals surface area contributed by atoms with Gasteiger partial charge in [0.2, 0.25) is 11.8 Å². The molecule has 0 spiro atoms. The number of carbonyl (C=O) groups excluding carboxylic acids is 3. The molecular formula is C11H15N3O5. The summed E-state index contributed by atoms with van der Waals surface area (Å²) in [6.07, 6.45) is 0.995. The average molecular weight is 269 g/mol. The van der Waals surface area contributed by atoms with Crippen LogP contribution in [0.25, 0.3) is 0 Å². The van der Waals surface area contributed by atoms with Crippen LogP contribution in [0.15, 0.2) is 0 Å². The molecule has 2 N–H and O–H groups in total. The van der Waals surface area contributed by atoms with Crippen molar-refractivity contribution in [2.75, 3.05) is 13.1 Å². The van der Waals surface area contributed by atoms with E-state index in [1.54, 1.807) is 0 Å². The number of aliphatic carboxylic acids is 1. The number of piperazine rings is 1. The Morgan fingerprint density at radius 3 is 2.63 bits per heavy atom. The molecular weight excluding hydrogens is 254 g/mol. The number of rotatable bonds is 1. The Morgan fingerprint density at radius 1 is 1.32 bits per heavy atom. The summed E-state index contributed by atoms with van der Waals surface area (Å²) in [5.41, 5.74) is 0. The van der Waals surface area contributed by atoms with Crippen molar-refractivity contribution >= 4 is 23.8 Å². The third kappa shape index (κ3) is 2.38. The number of nitrogens with one attached hydrogen (secondary N) is 1. The topological polar surface area (TPSA) is 107 Å². The predicted molar refractivity (Wildman–Crippen MR) is 62.1 cm³/mol. The van der Waals surface area contributed by atoms with Crippen molar-refractivity contribution in [3.63, 3.8) is 0 Å². The first kappa shape index (κ1) is 13.3. The van der Waals surface area contributed by atoms with Crippen LogP contribution in [-0.4, -0.2) is 63.9 Å². The van der Waals surface area contributed by atoms with Gasteiger partial charge in [0.1, 0.15) is 18.6 Å². The number of carboxylic acids is 1. The number of amides is 4. The number of imide groups is 1.